The normalized spacial score (nSPS) is 23.5. The maximum absolute atomic E-state index is 13.3. The van der Waals surface area contributed by atoms with Gasteiger partial charge in [-0.3, -0.25) is 4.79 Å². The number of aliphatic hydroxyl groups excluding tert-OH is 8. The summed E-state index contributed by atoms with van der Waals surface area (Å²) in [5, 5.41) is 87.4. The Morgan fingerprint density at radius 1 is 0.407 bits per heavy atom. The molecule has 0 aromatic heterocycles. The van der Waals surface area contributed by atoms with Gasteiger partial charge in [-0.25, -0.2) is 0 Å². The number of ether oxygens (including phenoxy) is 4. The number of unbranched alkanes of at least 4 members (excludes halogenated alkanes) is 27. The van der Waals surface area contributed by atoms with Crippen LogP contribution in [0, 0.1) is 0 Å². The number of aliphatic hydroxyl groups is 8. The summed E-state index contributed by atoms with van der Waals surface area (Å²) in [6.45, 7) is 2.69. The molecule has 9 N–H and O–H groups in total. The zero-order valence-corrected chi connectivity index (χ0v) is 56.8. The topological polar surface area (TPSA) is 228 Å². The predicted octanol–water partition coefficient (Wildman–Crippen LogP) is 15.3. The molecule has 14 nitrogen and oxygen atoms in total. The van der Waals surface area contributed by atoms with E-state index in [1.54, 1.807) is 6.08 Å². The molecule has 2 rings (SSSR count). The van der Waals surface area contributed by atoms with Crippen molar-refractivity contribution in [3.63, 3.8) is 0 Å². The number of rotatable bonds is 58. The van der Waals surface area contributed by atoms with Crippen LogP contribution in [0.3, 0.4) is 0 Å². The third kappa shape index (κ3) is 43.9. The van der Waals surface area contributed by atoms with E-state index in [0.29, 0.717) is 6.42 Å². The van der Waals surface area contributed by atoms with Gasteiger partial charge >= 0.3 is 0 Å². The number of carbonyl (C=O) groups is 1. The van der Waals surface area contributed by atoms with Crippen molar-refractivity contribution < 1.29 is 64.6 Å². The summed E-state index contributed by atoms with van der Waals surface area (Å²) in [5.74, 6) is -0.245. The molecular formula is C77H131NO13. The van der Waals surface area contributed by atoms with Gasteiger partial charge in [-0.2, -0.15) is 0 Å². The van der Waals surface area contributed by atoms with E-state index in [0.717, 1.165) is 103 Å². The van der Waals surface area contributed by atoms with Crippen LogP contribution < -0.4 is 5.32 Å². The molecule has 2 saturated heterocycles. The molecule has 14 heteroatoms. The van der Waals surface area contributed by atoms with E-state index in [9.17, 15) is 45.6 Å². The van der Waals surface area contributed by atoms with Crippen LogP contribution in [0.25, 0.3) is 0 Å². The van der Waals surface area contributed by atoms with Crippen LogP contribution in [0.15, 0.2) is 122 Å². The molecule has 0 aromatic carbocycles. The number of nitrogens with one attached hydrogen (secondary N) is 1. The summed E-state index contributed by atoms with van der Waals surface area (Å²) in [6, 6.07) is -0.924. The minimum Gasteiger partial charge on any atom is -0.394 e. The van der Waals surface area contributed by atoms with Crippen molar-refractivity contribution in [1.82, 2.24) is 5.32 Å². The smallest absolute Gasteiger partial charge is 0.220 e. The Morgan fingerprint density at radius 3 is 1.16 bits per heavy atom. The second-order valence-corrected chi connectivity index (χ2v) is 25.0. The fourth-order valence-corrected chi connectivity index (χ4v) is 11.2. The lowest BCUT2D eigenvalue weighted by molar-refractivity contribution is -0.359. The molecular weight excluding hydrogens is 1150 g/mol. The first-order chi connectivity index (χ1) is 44.6. The summed E-state index contributed by atoms with van der Waals surface area (Å²) in [5.41, 5.74) is 0. The van der Waals surface area contributed by atoms with Crippen LogP contribution >= 0.6 is 0 Å². The molecule has 0 spiro atoms. The quantitative estimate of drug-likeness (QED) is 0.0204. The van der Waals surface area contributed by atoms with Crippen molar-refractivity contribution in [3.8, 4) is 0 Å². The largest absolute Gasteiger partial charge is 0.394 e. The summed E-state index contributed by atoms with van der Waals surface area (Å²) in [6.07, 6.45) is 71.0. The molecule has 12 atom stereocenters. The number of amides is 1. The van der Waals surface area contributed by atoms with Crippen LogP contribution in [0.1, 0.15) is 264 Å². The van der Waals surface area contributed by atoms with E-state index >= 15 is 0 Å². The van der Waals surface area contributed by atoms with Gasteiger partial charge in [0.15, 0.2) is 12.6 Å². The van der Waals surface area contributed by atoms with Gasteiger partial charge in [0.25, 0.3) is 0 Å². The average Bonchev–Trinajstić information content (AvgIpc) is 1.19. The molecule has 0 aliphatic carbocycles. The lowest BCUT2D eigenvalue weighted by Gasteiger charge is -2.46. The van der Waals surface area contributed by atoms with Crippen molar-refractivity contribution >= 4 is 5.91 Å². The Balaban J connectivity index is 1.63. The van der Waals surface area contributed by atoms with Gasteiger partial charge in [0.1, 0.15) is 48.8 Å². The molecule has 1 amide bonds. The van der Waals surface area contributed by atoms with Crippen molar-refractivity contribution in [3.05, 3.63) is 122 Å². The van der Waals surface area contributed by atoms with Crippen molar-refractivity contribution in [2.24, 2.45) is 0 Å². The van der Waals surface area contributed by atoms with Crippen molar-refractivity contribution in [2.75, 3.05) is 19.8 Å². The van der Waals surface area contributed by atoms with Gasteiger partial charge < -0.3 is 65.1 Å². The fraction of sp³-hybridized carbons (Fsp3) is 0.727. The second kappa shape index (κ2) is 60.1. The highest BCUT2D eigenvalue weighted by atomic mass is 16.7. The number of hydrogen-bond acceptors (Lipinski definition) is 13. The van der Waals surface area contributed by atoms with Gasteiger partial charge in [0, 0.05) is 6.42 Å². The van der Waals surface area contributed by atoms with E-state index in [2.05, 4.69) is 129 Å². The third-order valence-electron chi connectivity index (χ3n) is 16.9. The number of carbonyl (C=O) groups excluding carboxylic acids is 1. The molecule has 0 bridgehead atoms. The van der Waals surface area contributed by atoms with E-state index in [1.165, 1.54) is 135 Å². The van der Waals surface area contributed by atoms with Crippen LogP contribution in [-0.4, -0.2) is 140 Å². The fourth-order valence-electron chi connectivity index (χ4n) is 11.2. The zero-order chi connectivity index (χ0) is 65.9. The lowest BCUT2D eigenvalue weighted by atomic mass is 9.97. The Morgan fingerprint density at radius 2 is 0.758 bits per heavy atom. The molecule has 0 radical (unpaired) electrons. The summed E-state index contributed by atoms with van der Waals surface area (Å²) in [4.78, 5) is 13.3. The molecule has 12 unspecified atom stereocenters. The first-order valence-electron chi connectivity index (χ1n) is 36.3. The Bertz CT molecular complexity index is 1990. The van der Waals surface area contributed by atoms with E-state index in [-0.39, 0.29) is 18.9 Å². The van der Waals surface area contributed by atoms with Crippen LogP contribution in [0.4, 0.5) is 0 Å². The van der Waals surface area contributed by atoms with Gasteiger partial charge in [0.2, 0.25) is 5.91 Å². The van der Waals surface area contributed by atoms with Gasteiger partial charge in [0.05, 0.1) is 32.0 Å². The predicted molar refractivity (Wildman–Crippen MR) is 373 cm³/mol. The summed E-state index contributed by atoms with van der Waals surface area (Å²) < 4.78 is 22.8. The first-order valence-corrected chi connectivity index (χ1v) is 36.3. The van der Waals surface area contributed by atoms with Crippen molar-refractivity contribution in [2.45, 2.75) is 338 Å². The minimum atomic E-state index is -1.79. The highest BCUT2D eigenvalue weighted by Crippen LogP contribution is 2.30. The van der Waals surface area contributed by atoms with Crippen LogP contribution in [-0.2, 0) is 23.7 Å². The SMILES string of the molecule is CC/C=C\C/C=C\C/C=C\C/C=C\C/C=C\C/C=C\C/C=C\C/C=C\C/C=C\CCCCCCCCCCCCCC(=O)NC(COC1OC(CO)C(OC2OC(CO)C(O)C(O)C2O)C(O)C1O)C(O)/C=C/CCCCCCCCCCCCCCCCCC. The first kappa shape index (κ1) is 83.5. The highest BCUT2D eigenvalue weighted by molar-refractivity contribution is 5.76. The molecule has 2 aliphatic heterocycles. The van der Waals surface area contributed by atoms with E-state index in [4.69, 9.17) is 18.9 Å². The minimum absolute atomic E-state index is 0.245. The maximum atomic E-state index is 13.3. The maximum Gasteiger partial charge on any atom is 0.220 e. The van der Waals surface area contributed by atoms with Crippen LogP contribution in [0.2, 0.25) is 0 Å². The standard InChI is InChI=1S/C77H131NO13/c1-3-5-7-9-11-13-15-17-19-21-23-24-25-26-27-28-29-30-31-32-33-34-35-36-37-38-39-40-41-42-43-45-47-49-51-53-55-57-59-61-69(82)78-65(66(81)60-58-56-54-52-50-48-46-44-22-20-18-16-14-12-10-8-6-4-2)64-88-76-74(87)72(85)75(68(63-80)90-76)91-77-73(86)71(84)70(83)67(62-79)89-77/h5,7,11,13,17,19,23-24,26-27,29-30,32-33,35-36,38-39,58,60,65-68,70-77,79-81,83-87H,3-4,6,8-10,12,14-16,18,20-22,25,28,31,34,37,40-57,59,61-64H2,1-2H3,(H,78,82)/b7-5-,13-11-,19-17-,24-23-,27-26-,30-29-,33-32-,36-35-,39-38-,60-58+. The number of allylic oxidation sites excluding steroid dienone is 19. The molecule has 2 heterocycles. The number of hydrogen-bond donors (Lipinski definition) is 9. The second-order valence-electron chi connectivity index (χ2n) is 25.0. The lowest BCUT2D eigenvalue weighted by Crippen LogP contribution is -2.65. The Kier molecular flexibility index (Phi) is 55.1. The third-order valence-corrected chi connectivity index (χ3v) is 16.9. The van der Waals surface area contributed by atoms with Crippen LogP contribution in [0.5, 0.6) is 0 Å². The average molecular weight is 1280 g/mol. The molecule has 2 aliphatic rings. The summed E-state index contributed by atoms with van der Waals surface area (Å²) >= 11 is 0. The van der Waals surface area contributed by atoms with Gasteiger partial charge in [-0.15, -0.1) is 0 Å². The molecule has 522 valence electrons. The monoisotopic (exact) mass is 1280 g/mol. The summed E-state index contributed by atoms with van der Waals surface area (Å²) in [7, 11) is 0. The Labute approximate surface area is 552 Å². The van der Waals surface area contributed by atoms with Gasteiger partial charge in [-0.05, 0) is 89.9 Å². The molecule has 91 heavy (non-hydrogen) atoms. The Hall–Kier alpha value is -3.61. The molecule has 0 saturated carbocycles. The van der Waals surface area contributed by atoms with Gasteiger partial charge in [-0.1, -0.05) is 289 Å². The molecule has 2 fully saturated rings. The molecule has 0 aromatic rings. The van der Waals surface area contributed by atoms with Crippen molar-refractivity contribution in [1.29, 1.82) is 0 Å². The van der Waals surface area contributed by atoms with E-state index in [1.807, 2.05) is 6.08 Å². The van der Waals surface area contributed by atoms with E-state index < -0.39 is 86.8 Å². The zero-order valence-electron chi connectivity index (χ0n) is 56.8. The highest BCUT2D eigenvalue weighted by Gasteiger charge is 2.51.